The summed E-state index contributed by atoms with van der Waals surface area (Å²) >= 11 is 0. The summed E-state index contributed by atoms with van der Waals surface area (Å²) in [4.78, 5) is 2.45. The summed E-state index contributed by atoms with van der Waals surface area (Å²) in [6.07, 6.45) is 4.13. The molecule has 1 aliphatic heterocycles. The molecule has 0 aromatic heterocycles. The van der Waals surface area contributed by atoms with Crippen molar-refractivity contribution in [1.29, 1.82) is 0 Å². The topological polar surface area (TPSA) is 35.5 Å². The molecule has 0 amide bonds. The van der Waals surface area contributed by atoms with Crippen molar-refractivity contribution in [3.8, 4) is 0 Å². The van der Waals surface area contributed by atoms with Gasteiger partial charge in [0, 0.05) is 19.1 Å². The minimum atomic E-state index is -0.483. The van der Waals surface area contributed by atoms with Crippen LogP contribution in [0, 0.1) is 5.92 Å². The molecule has 18 heavy (non-hydrogen) atoms. The molecule has 0 spiro atoms. The maximum atomic E-state index is 10.4. The second-order valence-corrected chi connectivity index (χ2v) is 5.99. The zero-order chi connectivity index (χ0) is 13.6. The number of likely N-dealkylation sites (tertiary alicyclic amines) is 1. The molecule has 0 bridgehead atoms. The number of hydrogen-bond donors (Lipinski definition) is 2. The lowest BCUT2D eigenvalue weighted by Gasteiger charge is -2.41. The third kappa shape index (κ3) is 4.52. The number of hydrogen-bond acceptors (Lipinski definition) is 3. The fraction of sp³-hybridized carbons (Fsp3) is 1.00. The van der Waals surface area contributed by atoms with E-state index < -0.39 is 5.60 Å². The molecule has 2 atom stereocenters. The van der Waals surface area contributed by atoms with Gasteiger partial charge in [0.25, 0.3) is 0 Å². The summed E-state index contributed by atoms with van der Waals surface area (Å²) in [5.41, 5.74) is -0.483. The van der Waals surface area contributed by atoms with Crippen LogP contribution in [0.15, 0.2) is 0 Å². The fourth-order valence-electron chi connectivity index (χ4n) is 2.90. The van der Waals surface area contributed by atoms with E-state index in [0.29, 0.717) is 12.0 Å². The molecule has 2 N–H and O–H groups in total. The monoisotopic (exact) mass is 256 g/mol. The number of piperidine rings is 1. The van der Waals surface area contributed by atoms with E-state index in [-0.39, 0.29) is 0 Å². The number of nitrogens with one attached hydrogen (secondary N) is 1. The van der Waals surface area contributed by atoms with Crippen molar-refractivity contribution in [1.82, 2.24) is 10.2 Å². The van der Waals surface area contributed by atoms with Gasteiger partial charge in [0.2, 0.25) is 0 Å². The van der Waals surface area contributed by atoms with Gasteiger partial charge >= 0.3 is 0 Å². The maximum Gasteiger partial charge on any atom is 0.0768 e. The third-order valence-electron chi connectivity index (χ3n) is 4.48. The SMILES string of the molecule is CCCNC1CCN(CC(O)(CC)CC)CC1C. The molecule has 1 fully saturated rings. The van der Waals surface area contributed by atoms with Gasteiger partial charge in [0.1, 0.15) is 0 Å². The van der Waals surface area contributed by atoms with Crippen LogP contribution in [-0.2, 0) is 0 Å². The van der Waals surface area contributed by atoms with Gasteiger partial charge < -0.3 is 15.3 Å². The van der Waals surface area contributed by atoms with E-state index in [9.17, 15) is 5.11 Å². The number of rotatable bonds is 7. The Morgan fingerprint density at radius 1 is 1.28 bits per heavy atom. The molecule has 0 aliphatic carbocycles. The molecule has 1 rings (SSSR count). The second kappa shape index (κ2) is 7.46. The Balaban J connectivity index is 2.40. The predicted molar refractivity (Wildman–Crippen MR) is 77.8 cm³/mol. The number of β-amino-alcohol motifs (C(OH)–C–C–N with tert-alkyl or cyclic N) is 1. The molecule has 1 aliphatic rings. The van der Waals surface area contributed by atoms with Gasteiger partial charge in [-0.05, 0) is 44.7 Å². The van der Waals surface area contributed by atoms with E-state index in [4.69, 9.17) is 0 Å². The predicted octanol–water partition coefficient (Wildman–Crippen LogP) is 2.25. The zero-order valence-electron chi connectivity index (χ0n) is 12.7. The molecule has 0 saturated carbocycles. The lowest BCUT2D eigenvalue weighted by atomic mass is 9.90. The van der Waals surface area contributed by atoms with E-state index in [1.54, 1.807) is 0 Å². The van der Waals surface area contributed by atoms with Crippen LogP contribution in [0.2, 0.25) is 0 Å². The van der Waals surface area contributed by atoms with Crippen molar-refractivity contribution in [3.63, 3.8) is 0 Å². The van der Waals surface area contributed by atoms with Crippen molar-refractivity contribution >= 4 is 0 Å². The van der Waals surface area contributed by atoms with Crippen LogP contribution in [0.3, 0.4) is 0 Å². The molecule has 108 valence electrons. The molecular weight excluding hydrogens is 224 g/mol. The lowest BCUT2D eigenvalue weighted by molar-refractivity contribution is -0.0161. The van der Waals surface area contributed by atoms with Crippen molar-refractivity contribution in [2.24, 2.45) is 5.92 Å². The third-order valence-corrected chi connectivity index (χ3v) is 4.48. The highest BCUT2D eigenvalue weighted by Crippen LogP contribution is 2.22. The molecule has 3 nitrogen and oxygen atoms in total. The van der Waals surface area contributed by atoms with E-state index in [1.165, 1.54) is 12.8 Å². The largest absolute Gasteiger partial charge is 0.389 e. The maximum absolute atomic E-state index is 10.4. The van der Waals surface area contributed by atoms with Crippen LogP contribution in [-0.4, -0.2) is 47.8 Å². The minimum Gasteiger partial charge on any atom is -0.389 e. The first-order valence-electron chi connectivity index (χ1n) is 7.72. The first kappa shape index (κ1) is 15.9. The lowest BCUT2D eigenvalue weighted by Crippen LogP contribution is -2.52. The van der Waals surface area contributed by atoms with Crippen molar-refractivity contribution in [2.45, 2.75) is 65.0 Å². The summed E-state index contributed by atoms with van der Waals surface area (Å²) in [7, 11) is 0. The molecule has 1 saturated heterocycles. The summed E-state index contributed by atoms with van der Waals surface area (Å²) in [6.45, 7) is 12.9. The molecule has 0 aromatic carbocycles. The van der Waals surface area contributed by atoms with Gasteiger partial charge in [0.15, 0.2) is 0 Å². The van der Waals surface area contributed by atoms with Crippen LogP contribution in [0.4, 0.5) is 0 Å². The van der Waals surface area contributed by atoms with Gasteiger partial charge in [-0.1, -0.05) is 27.7 Å². The molecule has 1 heterocycles. The Bertz CT molecular complexity index is 229. The normalized spacial score (nSPS) is 26.5. The van der Waals surface area contributed by atoms with Crippen LogP contribution < -0.4 is 5.32 Å². The van der Waals surface area contributed by atoms with Crippen LogP contribution in [0.25, 0.3) is 0 Å². The Kier molecular flexibility index (Phi) is 6.61. The highest BCUT2D eigenvalue weighted by molar-refractivity contribution is 4.87. The van der Waals surface area contributed by atoms with E-state index in [1.807, 2.05) is 0 Å². The molecule has 3 heteroatoms. The van der Waals surface area contributed by atoms with E-state index >= 15 is 0 Å². The van der Waals surface area contributed by atoms with Gasteiger partial charge in [0.05, 0.1) is 5.60 Å². The Hall–Kier alpha value is -0.120. The highest BCUT2D eigenvalue weighted by Gasteiger charge is 2.31. The molecule has 0 aromatic rings. The first-order chi connectivity index (χ1) is 8.54. The van der Waals surface area contributed by atoms with Gasteiger partial charge in [-0.15, -0.1) is 0 Å². The Labute approximate surface area is 113 Å². The van der Waals surface area contributed by atoms with Gasteiger partial charge in [-0.25, -0.2) is 0 Å². The summed E-state index contributed by atoms with van der Waals surface area (Å²) < 4.78 is 0. The summed E-state index contributed by atoms with van der Waals surface area (Å²) in [5.74, 6) is 0.684. The van der Waals surface area contributed by atoms with Crippen LogP contribution >= 0.6 is 0 Å². The van der Waals surface area contributed by atoms with Gasteiger partial charge in [-0.3, -0.25) is 0 Å². The van der Waals surface area contributed by atoms with Crippen molar-refractivity contribution in [3.05, 3.63) is 0 Å². The Morgan fingerprint density at radius 3 is 2.44 bits per heavy atom. The van der Waals surface area contributed by atoms with Crippen LogP contribution in [0.1, 0.15) is 53.4 Å². The van der Waals surface area contributed by atoms with Crippen LogP contribution in [0.5, 0.6) is 0 Å². The first-order valence-corrected chi connectivity index (χ1v) is 7.72. The summed E-state index contributed by atoms with van der Waals surface area (Å²) in [5, 5.41) is 14.1. The number of nitrogens with zero attached hydrogens (tertiary/aromatic N) is 1. The quantitative estimate of drug-likeness (QED) is 0.733. The number of aliphatic hydroxyl groups is 1. The smallest absolute Gasteiger partial charge is 0.0768 e. The fourth-order valence-corrected chi connectivity index (χ4v) is 2.90. The van der Waals surface area contributed by atoms with Crippen molar-refractivity contribution < 1.29 is 5.11 Å². The molecule has 2 unspecified atom stereocenters. The van der Waals surface area contributed by atoms with Crippen molar-refractivity contribution in [2.75, 3.05) is 26.2 Å². The Morgan fingerprint density at radius 2 is 1.94 bits per heavy atom. The average molecular weight is 256 g/mol. The highest BCUT2D eigenvalue weighted by atomic mass is 16.3. The zero-order valence-corrected chi connectivity index (χ0v) is 12.7. The van der Waals surface area contributed by atoms with E-state index in [2.05, 4.69) is 37.9 Å². The second-order valence-electron chi connectivity index (χ2n) is 5.99. The average Bonchev–Trinajstić information content (AvgIpc) is 2.37. The standard InChI is InChI=1S/C15H32N2O/c1-5-9-16-14-8-10-17(11-13(14)4)12-15(18,6-2)7-3/h13-14,16,18H,5-12H2,1-4H3. The van der Waals surface area contributed by atoms with Gasteiger partial charge in [-0.2, -0.15) is 0 Å². The summed E-state index contributed by atoms with van der Waals surface area (Å²) in [6, 6.07) is 0.664. The molecular formula is C15H32N2O. The molecule has 0 radical (unpaired) electrons. The van der Waals surface area contributed by atoms with E-state index in [0.717, 1.165) is 39.0 Å². The minimum absolute atomic E-state index is 0.483.